The number of hydrogen-bond donors (Lipinski definition) is 1. The Balaban J connectivity index is 2.14. The number of nitrogens with zero attached hydrogens (tertiary/aromatic N) is 1. The summed E-state index contributed by atoms with van der Waals surface area (Å²) < 4.78 is 10.8. The Morgan fingerprint density at radius 1 is 1.11 bits per heavy atom. The van der Waals surface area contributed by atoms with Crippen LogP contribution in [0.4, 0.5) is 0 Å². The maximum atomic E-state index is 5.69. The first-order valence-electron chi connectivity index (χ1n) is 6.80. The maximum Gasteiger partial charge on any atom is 0.119 e. The van der Waals surface area contributed by atoms with Crippen LogP contribution in [-0.4, -0.2) is 51.3 Å². The SMILES string of the molecule is COc1ccc(OCCN(C)CCNC(C)C)cc1. The summed E-state index contributed by atoms with van der Waals surface area (Å²) in [6, 6.07) is 8.22. The van der Waals surface area contributed by atoms with Crippen LogP contribution in [0, 0.1) is 0 Å². The number of methoxy groups -OCH3 is 1. The predicted molar refractivity (Wildman–Crippen MR) is 79.1 cm³/mol. The molecule has 0 unspecified atom stereocenters. The van der Waals surface area contributed by atoms with Crippen molar-refractivity contribution in [1.82, 2.24) is 10.2 Å². The molecule has 0 atom stereocenters. The highest BCUT2D eigenvalue weighted by molar-refractivity contribution is 5.31. The number of rotatable bonds is 9. The molecule has 0 aliphatic carbocycles. The molecule has 0 saturated heterocycles. The van der Waals surface area contributed by atoms with E-state index in [9.17, 15) is 0 Å². The van der Waals surface area contributed by atoms with Gasteiger partial charge in [-0.3, -0.25) is 0 Å². The Labute approximate surface area is 116 Å². The van der Waals surface area contributed by atoms with Gasteiger partial charge in [-0.1, -0.05) is 13.8 Å². The normalized spacial score (nSPS) is 11.1. The molecule has 0 heterocycles. The summed E-state index contributed by atoms with van der Waals surface area (Å²) in [6.45, 7) is 7.98. The van der Waals surface area contributed by atoms with E-state index in [1.165, 1.54) is 0 Å². The van der Waals surface area contributed by atoms with Crippen LogP contribution in [0.3, 0.4) is 0 Å². The number of likely N-dealkylation sites (N-methyl/N-ethyl adjacent to an activating group) is 1. The molecule has 0 saturated carbocycles. The standard InChI is InChI=1S/C15H26N2O2/c1-13(2)16-9-10-17(3)11-12-19-15-7-5-14(18-4)6-8-15/h5-8,13,16H,9-12H2,1-4H3. The second-order valence-corrected chi connectivity index (χ2v) is 4.94. The van der Waals surface area contributed by atoms with Gasteiger partial charge in [0.05, 0.1) is 7.11 Å². The van der Waals surface area contributed by atoms with Crippen LogP contribution in [0.1, 0.15) is 13.8 Å². The molecule has 0 bridgehead atoms. The lowest BCUT2D eigenvalue weighted by molar-refractivity contribution is 0.236. The van der Waals surface area contributed by atoms with Gasteiger partial charge in [0.1, 0.15) is 18.1 Å². The average molecular weight is 266 g/mol. The molecule has 1 N–H and O–H groups in total. The summed E-state index contributed by atoms with van der Waals surface area (Å²) in [4.78, 5) is 2.26. The van der Waals surface area contributed by atoms with Crippen molar-refractivity contribution in [2.24, 2.45) is 0 Å². The molecule has 0 aliphatic heterocycles. The van der Waals surface area contributed by atoms with E-state index in [1.54, 1.807) is 7.11 Å². The summed E-state index contributed by atoms with van der Waals surface area (Å²) in [6.07, 6.45) is 0. The highest BCUT2D eigenvalue weighted by Crippen LogP contribution is 2.16. The Bertz CT molecular complexity index is 339. The molecule has 0 aliphatic rings. The van der Waals surface area contributed by atoms with Crippen molar-refractivity contribution in [2.45, 2.75) is 19.9 Å². The van der Waals surface area contributed by atoms with Crippen molar-refractivity contribution in [3.05, 3.63) is 24.3 Å². The molecule has 0 spiro atoms. The number of nitrogens with one attached hydrogen (secondary N) is 1. The van der Waals surface area contributed by atoms with Crippen LogP contribution in [0.5, 0.6) is 11.5 Å². The van der Waals surface area contributed by atoms with Crippen LogP contribution in [-0.2, 0) is 0 Å². The van der Waals surface area contributed by atoms with Crippen LogP contribution in [0.15, 0.2) is 24.3 Å². The quantitative estimate of drug-likeness (QED) is 0.741. The Hall–Kier alpha value is -1.26. The topological polar surface area (TPSA) is 33.7 Å². The van der Waals surface area contributed by atoms with E-state index in [0.717, 1.165) is 31.1 Å². The van der Waals surface area contributed by atoms with Crippen LogP contribution >= 0.6 is 0 Å². The number of benzene rings is 1. The predicted octanol–water partition coefficient (Wildman–Crippen LogP) is 2.00. The van der Waals surface area contributed by atoms with Crippen LogP contribution in [0.25, 0.3) is 0 Å². The highest BCUT2D eigenvalue weighted by Gasteiger charge is 2.00. The van der Waals surface area contributed by atoms with Crippen LogP contribution < -0.4 is 14.8 Å². The largest absolute Gasteiger partial charge is 0.497 e. The maximum absolute atomic E-state index is 5.69. The molecule has 108 valence electrons. The van der Waals surface area contributed by atoms with E-state index in [0.29, 0.717) is 12.6 Å². The lowest BCUT2D eigenvalue weighted by atomic mass is 10.3. The summed E-state index contributed by atoms with van der Waals surface area (Å²) in [7, 11) is 3.77. The molecule has 1 rings (SSSR count). The zero-order chi connectivity index (χ0) is 14.1. The van der Waals surface area contributed by atoms with Crippen molar-refractivity contribution in [2.75, 3.05) is 40.4 Å². The van der Waals surface area contributed by atoms with Gasteiger partial charge in [0.2, 0.25) is 0 Å². The molecular weight excluding hydrogens is 240 g/mol. The Morgan fingerprint density at radius 3 is 2.32 bits per heavy atom. The van der Waals surface area contributed by atoms with Gasteiger partial charge < -0.3 is 19.7 Å². The summed E-state index contributed by atoms with van der Waals surface area (Å²) >= 11 is 0. The summed E-state index contributed by atoms with van der Waals surface area (Å²) in [5.41, 5.74) is 0. The van der Waals surface area contributed by atoms with Gasteiger partial charge >= 0.3 is 0 Å². The number of ether oxygens (including phenoxy) is 2. The van der Waals surface area contributed by atoms with Gasteiger partial charge in [-0.05, 0) is 31.3 Å². The van der Waals surface area contributed by atoms with E-state index in [2.05, 4.69) is 31.1 Å². The fourth-order valence-corrected chi connectivity index (χ4v) is 1.65. The third-order valence-electron chi connectivity index (χ3n) is 2.85. The molecule has 0 aromatic heterocycles. The van der Waals surface area contributed by atoms with Crippen molar-refractivity contribution in [3.63, 3.8) is 0 Å². The zero-order valence-corrected chi connectivity index (χ0v) is 12.5. The molecule has 4 heteroatoms. The fourth-order valence-electron chi connectivity index (χ4n) is 1.65. The lowest BCUT2D eigenvalue weighted by Crippen LogP contribution is -2.34. The first-order valence-corrected chi connectivity index (χ1v) is 6.80. The van der Waals surface area contributed by atoms with Gasteiger partial charge in [-0.2, -0.15) is 0 Å². The Kier molecular flexibility index (Phi) is 7.30. The van der Waals surface area contributed by atoms with Gasteiger partial charge in [-0.15, -0.1) is 0 Å². The fraction of sp³-hybridized carbons (Fsp3) is 0.600. The summed E-state index contributed by atoms with van der Waals surface area (Å²) in [5.74, 6) is 1.73. The van der Waals surface area contributed by atoms with E-state index in [-0.39, 0.29) is 0 Å². The van der Waals surface area contributed by atoms with Crippen molar-refractivity contribution < 1.29 is 9.47 Å². The molecule has 4 nitrogen and oxygen atoms in total. The number of hydrogen-bond acceptors (Lipinski definition) is 4. The monoisotopic (exact) mass is 266 g/mol. The molecule has 0 amide bonds. The second kappa shape index (κ2) is 8.77. The minimum absolute atomic E-state index is 0.545. The molecule has 1 aromatic carbocycles. The third-order valence-corrected chi connectivity index (χ3v) is 2.85. The third kappa shape index (κ3) is 7.03. The van der Waals surface area contributed by atoms with E-state index in [4.69, 9.17) is 9.47 Å². The molecular formula is C15H26N2O2. The van der Waals surface area contributed by atoms with E-state index < -0.39 is 0 Å². The highest BCUT2D eigenvalue weighted by atomic mass is 16.5. The van der Waals surface area contributed by atoms with Crippen molar-refractivity contribution >= 4 is 0 Å². The van der Waals surface area contributed by atoms with E-state index >= 15 is 0 Å². The first kappa shape index (κ1) is 15.8. The minimum Gasteiger partial charge on any atom is -0.497 e. The molecule has 1 aromatic rings. The van der Waals surface area contributed by atoms with Crippen molar-refractivity contribution in [3.8, 4) is 11.5 Å². The van der Waals surface area contributed by atoms with Gasteiger partial charge in [-0.25, -0.2) is 0 Å². The molecule has 19 heavy (non-hydrogen) atoms. The molecule has 0 radical (unpaired) electrons. The van der Waals surface area contributed by atoms with E-state index in [1.807, 2.05) is 24.3 Å². The van der Waals surface area contributed by atoms with Gasteiger partial charge in [0.25, 0.3) is 0 Å². The van der Waals surface area contributed by atoms with Crippen LogP contribution in [0.2, 0.25) is 0 Å². The van der Waals surface area contributed by atoms with Gasteiger partial charge in [0.15, 0.2) is 0 Å². The van der Waals surface area contributed by atoms with Crippen molar-refractivity contribution in [1.29, 1.82) is 0 Å². The summed E-state index contributed by atoms with van der Waals surface area (Å²) in [5, 5.41) is 3.40. The zero-order valence-electron chi connectivity index (χ0n) is 12.5. The first-order chi connectivity index (χ1) is 9.11. The van der Waals surface area contributed by atoms with Gasteiger partial charge in [0, 0.05) is 25.7 Å². The average Bonchev–Trinajstić information content (AvgIpc) is 2.39. The second-order valence-electron chi connectivity index (χ2n) is 4.94. The lowest BCUT2D eigenvalue weighted by Gasteiger charge is -2.18. The minimum atomic E-state index is 0.545. The Morgan fingerprint density at radius 2 is 1.74 bits per heavy atom. The smallest absolute Gasteiger partial charge is 0.119 e. The molecule has 0 fully saturated rings.